The molecule has 1 aromatic carbocycles. The summed E-state index contributed by atoms with van der Waals surface area (Å²) in [7, 11) is 3.16. The number of rotatable bonds is 6. The van der Waals surface area contributed by atoms with Crippen molar-refractivity contribution in [3.8, 4) is 11.5 Å². The average Bonchev–Trinajstić information content (AvgIpc) is 3.50. The smallest absolute Gasteiger partial charge is 0.254 e. The van der Waals surface area contributed by atoms with E-state index in [0.29, 0.717) is 42.1 Å². The summed E-state index contributed by atoms with van der Waals surface area (Å²) in [6.45, 7) is 5.49. The van der Waals surface area contributed by atoms with Gasteiger partial charge in [-0.3, -0.25) is 9.59 Å². The third-order valence-corrected chi connectivity index (χ3v) is 7.06. The second-order valence-electron chi connectivity index (χ2n) is 9.00. The lowest BCUT2D eigenvalue weighted by molar-refractivity contribution is -0.138. The van der Waals surface area contributed by atoms with Gasteiger partial charge in [0.1, 0.15) is 11.5 Å². The molecule has 0 bridgehead atoms. The van der Waals surface area contributed by atoms with Crippen molar-refractivity contribution in [2.24, 2.45) is 5.92 Å². The van der Waals surface area contributed by atoms with Crippen LogP contribution in [0.25, 0.3) is 0 Å². The zero-order valence-corrected chi connectivity index (χ0v) is 18.8. The summed E-state index contributed by atoms with van der Waals surface area (Å²) >= 11 is 0. The highest BCUT2D eigenvalue weighted by Gasteiger charge is 2.36. The molecule has 4 rings (SSSR count). The number of hydrogen-bond acceptors (Lipinski definition) is 5. The van der Waals surface area contributed by atoms with Gasteiger partial charge in [-0.25, -0.2) is 0 Å². The minimum atomic E-state index is -0.0313. The largest absolute Gasteiger partial charge is 0.497 e. The molecular formula is C24H35N3O4. The van der Waals surface area contributed by atoms with Crippen molar-refractivity contribution >= 4 is 11.8 Å². The molecule has 0 radical (unpaired) electrons. The molecule has 0 N–H and O–H groups in total. The summed E-state index contributed by atoms with van der Waals surface area (Å²) in [6.07, 6.45) is 6.27. The SMILES string of the molecule is COc1cc(OC)cc(C(=O)N2CCC(C(=O)N3CCCC3CN3CCCC3)CC2)c1. The van der Waals surface area contributed by atoms with Crippen molar-refractivity contribution in [3.05, 3.63) is 23.8 Å². The van der Waals surface area contributed by atoms with Crippen molar-refractivity contribution in [3.63, 3.8) is 0 Å². The number of nitrogens with zero attached hydrogens (tertiary/aromatic N) is 3. The Hall–Kier alpha value is -2.28. The van der Waals surface area contributed by atoms with E-state index in [2.05, 4.69) is 9.80 Å². The summed E-state index contributed by atoms with van der Waals surface area (Å²) in [5.41, 5.74) is 0.561. The third kappa shape index (κ3) is 4.97. The summed E-state index contributed by atoms with van der Waals surface area (Å²) in [6, 6.07) is 5.62. The molecular weight excluding hydrogens is 394 g/mol. The molecule has 0 spiro atoms. The Morgan fingerprint density at radius 1 is 0.871 bits per heavy atom. The third-order valence-electron chi connectivity index (χ3n) is 7.06. The lowest BCUT2D eigenvalue weighted by Crippen LogP contribution is -2.48. The number of hydrogen-bond donors (Lipinski definition) is 0. The predicted octanol–water partition coefficient (Wildman–Crippen LogP) is 2.64. The first-order chi connectivity index (χ1) is 15.1. The highest BCUT2D eigenvalue weighted by atomic mass is 16.5. The van der Waals surface area contributed by atoms with E-state index in [-0.39, 0.29) is 11.8 Å². The second-order valence-corrected chi connectivity index (χ2v) is 9.00. The summed E-state index contributed by atoms with van der Waals surface area (Å²) in [5, 5.41) is 0. The standard InChI is InChI=1S/C24H35N3O4/c1-30-21-14-19(15-22(16-21)31-2)23(28)26-12-7-18(8-13-26)24(29)27-11-5-6-20(27)17-25-9-3-4-10-25/h14-16,18,20H,3-13,17H2,1-2H3. The average molecular weight is 430 g/mol. The molecule has 31 heavy (non-hydrogen) atoms. The fourth-order valence-corrected chi connectivity index (χ4v) is 5.26. The van der Waals surface area contributed by atoms with Crippen LogP contribution >= 0.6 is 0 Å². The summed E-state index contributed by atoms with van der Waals surface area (Å²) < 4.78 is 10.6. The molecule has 1 unspecified atom stereocenters. The molecule has 1 aromatic rings. The zero-order valence-electron chi connectivity index (χ0n) is 18.8. The second kappa shape index (κ2) is 9.90. The molecule has 3 saturated heterocycles. The van der Waals surface area contributed by atoms with Crippen LogP contribution in [-0.4, -0.2) is 86.0 Å². The maximum atomic E-state index is 13.3. The first-order valence-corrected chi connectivity index (χ1v) is 11.6. The number of carbonyl (C=O) groups excluding carboxylic acids is 2. The van der Waals surface area contributed by atoms with E-state index >= 15 is 0 Å². The van der Waals surface area contributed by atoms with Crippen molar-refractivity contribution in [2.75, 3.05) is 53.5 Å². The molecule has 2 amide bonds. The topological polar surface area (TPSA) is 62.3 Å². The normalized spacial score (nSPS) is 22.7. The minimum Gasteiger partial charge on any atom is -0.497 e. The minimum absolute atomic E-state index is 0.0306. The number of piperidine rings is 1. The van der Waals surface area contributed by atoms with Crippen LogP contribution in [0, 0.1) is 5.92 Å². The lowest BCUT2D eigenvalue weighted by Gasteiger charge is -2.36. The Balaban J connectivity index is 1.33. The van der Waals surface area contributed by atoms with E-state index in [1.807, 2.05) is 4.90 Å². The van der Waals surface area contributed by atoms with Crippen molar-refractivity contribution < 1.29 is 19.1 Å². The lowest BCUT2D eigenvalue weighted by atomic mass is 9.94. The first kappa shape index (κ1) is 21.9. The van der Waals surface area contributed by atoms with E-state index in [1.165, 1.54) is 25.9 Å². The van der Waals surface area contributed by atoms with Gasteiger partial charge in [0.15, 0.2) is 0 Å². The Morgan fingerprint density at radius 2 is 1.52 bits per heavy atom. The van der Waals surface area contributed by atoms with Gasteiger partial charge >= 0.3 is 0 Å². The molecule has 1 atom stereocenters. The maximum absolute atomic E-state index is 13.3. The predicted molar refractivity (Wildman–Crippen MR) is 119 cm³/mol. The Labute approximate surface area is 185 Å². The summed E-state index contributed by atoms with van der Waals surface area (Å²) in [4.78, 5) is 32.8. The monoisotopic (exact) mass is 429 g/mol. The van der Waals surface area contributed by atoms with Gasteiger partial charge in [-0.15, -0.1) is 0 Å². The van der Waals surface area contributed by atoms with Crippen LogP contribution in [0.1, 0.15) is 48.9 Å². The molecule has 3 fully saturated rings. The van der Waals surface area contributed by atoms with E-state index in [9.17, 15) is 9.59 Å². The highest BCUT2D eigenvalue weighted by molar-refractivity contribution is 5.95. The van der Waals surface area contributed by atoms with E-state index in [0.717, 1.165) is 38.8 Å². The molecule has 3 aliphatic rings. The van der Waals surface area contributed by atoms with Crippen molar-refractivity contribution in [2.45, 2.75) is 44.6 Å². The number of carbonyl (C=O) groups is 2. The van der Waals surface area contributed by atoms with Gasteiger partial charge in [-0.1, -0.05) is 0 Å². The van der Waals surface area contributed by atoms with Crippen LogP contribution in [0.5, 0.6) is 11.5 Å². The first-order valence-electron chi connectivity index (χ1n) is 11.6. The van der Waals surface area contributed by atoms with Crippen LogP contribution in [0.3, 0.4) is 0 Å². The fraction of sp³-hybridized carbons (Fsp3) is 0.667. The number of benzene rings is 1. The molecule has 0 aromatic heterocycles. The number of ether oxygens (including phenoxy) is 2. The van der Waals surface area contributed by atoms with E-state index < -0.39 is 0 Å². The van der Waals surface area contributed by atoms with Crippen LogP contribution in [0.4, 0.5) is 0 Å². The van der Waals surface area contributed by atoms with Crippen molar-refractivity contribution in [1.29, 1.82) is 0 Å². The van der Waals surface area contributed by atoms with Crippen LogP contribution in [0.15, 0.2) is 18.2 Å². The fourth-order valence-electron chi connectivity index (χ4n) is 5.26. The Kier molecular flexibility index (Phi) is 7.00. The molecule has 7 heteroatoms. The highest BCUT2D eigenvalue weighted by Crippen LogP contribution is 2.28. The molecule has 3 heterocycles. The van der Waals surface area contributed by atoms with Gasteiger partial charge in [0.2, 0.25) is 5.91 Å². The van der Waals surface area contributed by atoms with E-state index in [4.69, 9.17) is 9.47 Å². The van der Waals surface area contributed by atoms with Gasteiger partial charge in [-0.2, -0.15) is 0 Å². The Morgan fingerprint density at radius 3 is 2.13 bits per heavy atom. The number of likely N-dealkylation sites (tertiary alicyclic amines) is 3. The molecule has 170 valence electrons. The number of methoxy groups -OCH3 is 2. The molecule has 7 nitrogen and oxygen atoms in total. The van der Waals surface area contributed by atoms with Crippen LogP contribution in [-0.2, 0) is 4.79 Å². The van der Waals surface area contributed by atoms with Crippen molar-refractivity contribution in [1.82, 2.24) is 14.7 Å². The quantitative estimate of drug-likeness (QED) is 0.696. The maximum Gasteiger partial charge on any atom is 0.254 e. The van der Waals surface area contributed by atoms with Gasteiger partial charge in [0.05, 0.1) is 14.2 Å². The summed E-state index contributed by atoms with van der Waals surface area (Å²) in [5.74, 6) is 1.51. The van der Waals surface area contributed by atoms with E-state index in [1.54, 1.807) is 32.4 Å². The Bertz CT molecular complexity index is 763. The zero-order chi connectivity index (χ0) is 21.8. The van der Waals surface area contributed by atoms with Gasteiger partial charge in [-0.05, 0) is 63.7 Å². The molecule has 3 aliphatic heterocycles. The van der Waals surface area contributed by atoms with Crippen LogP contribution < -0.4 is 9.47 Å². The van der Waals surface area contributed by atoms with Gasteiger partial charge in [0, 0.05) is 49.8 Å². The molecule has 0 saturated carbocycles. The molecule has 0 aliphatic carbocycles. The van der Waals surface area contributed by atoms with Crippen LogP contribution in [0.2, 0.25) is 0 Å². The van der Waals surface area contributed by atoms with Gasteiger partial charge < -0.3 is 24.2 Å². The van der Waals surface area contributed by atoms with Gasteiger partial charge in [0.25, 0.3) is 5.91 Å². The number of amides is 2.